The standard InChI is InChI=1S/C13H24O4/c1-12(2,3)9(10(14)15)7-8-17-11(16)13(4,5)6/h9H,7-8H2,1-6H3,(H,14,15). The van der Waals surface area contributed by atoms with Gasteiger partial charge in [0.2, 0.25) is 0 Å². The summed E-state index contributed by atoms with van der Waals surface area (Å²) in [6.45, 7) is 11.1. The summed E-state index contributed by atoms with van der Waals surface area (Å²) in [5.41, 5.74) is -0.875. The van der Waals surface area contributed by atoms with Gasteiger partial charge in [-0.1, -0.05) is 20.8 Å². The Morgan fingerprint density at radius 1 is 1.12 bits per heavy atom. The molecule has 0 amide bonds. The van der Waals surface area contributed by atoms with E-state index in [2.05, 4.69) is 0 Å². The van der Waals surface area contributed by atoms with Crippen molar-refractivity contribution in [3.05, 3.63) is 0 Å². The fraction of sp³-hybridized carbons (Fsp3) is 0.846. The first-order valence-corrected chi connectivity index (χ1v) is 5.86. The van der Waals surface area contributed by atoms with Crippen LogP contribution in [-0.2, 0) is 14.3 Å². The highest BCUT2D eigenvalue weighted by atomic mass is 16.5. The maximum Gasteiger partial charge on any atom is 0.311 e. The molecule has 0 aromatic rings. The van der Waals surface area contributed by atoms with Crippen molar-refractivity contribution >= 4 is 11.9 Å². The molecule has 4 nitrogen and oxygen atoms in total. The van der Waals surface area contributed by atoms with E-state index < -0.39 is 17.3 Å². The topological polar surface area (TPSA) is 63.6 Å². The van der Waals surface area contributed by atoms with Gasteiger partial charge in [0.15, 0.2) is 0 Å². The fourth-order valence-electron chi connectivity index (χ4n) is 1.41. The Bertz CT molecular complexity index is 281. The molecule has 0 heterocycles. The third-order valence-corrected chi connectivity index (χ3v) is 2.60. The highest BCUT2D eigenvalue weighted by Crippen LogP contribution is 2.29. The Balaban J connectivity index is 4.27. The van der Waals surface area contributed by atoms with Crippen LogP contribution in [0.25, 0.3) is 0 Å². The molecular weight excluding hydrogens is 220 g/mol. The van der Waals surface area contributed by atoms with Gasteiger partial charge in [-0.15, -0.1) is 0 Å². The van der Waals surface area contributed by atoms with Crippen molar-refractivity contribution in [2.75, 3.05) is 6.61 Å². The Morgan fingerprint density at radius 3 is 1.88 bits per heavy atom. The predicted molar refractivity (Wildman–Crippen MR) is 65.6 cm³/mol. The zero-order valence-electron chi connectivity index (χ0n) is 11.7. The zero-order valence-corrected chi connectivity index (χ0v) is 11.7. The summed E-state index contributed by atoms with van der Waals surface area (Å²) < 4.78 is 5.08. The van der Waals surface area contributed by atoms with Gasteiger partial charge in [-0.3, -0.25) is 9.59 Å². The normalized spacial score (nSPS) is 14.2. The molecule has 0 aromatic carbocycles. The Morgan fingerprint density at radius 2 is 1.59 bits per heavy atom. The van der Waals surface area contributed by atoms with Gasteiger partial charge in [-0.2, -0.15) is 0 Å². The minimum absolute atomic E-state index is 0.157. The van der Waals surface area contributed by atoms with Crippen LogP contribution in [0.4, 0.5) is 0 Å². The number of ether oxygens (including phenoxy) is 1. The lowest BCUT2D eigenvalue weighted by Gasteiger charge is -2.27. The molecule has 4 heteroatoms. The molecule has 0 aliphatic rings. The van der Waals surface area contributed by atoms with E-state index in [4.69, 9.17) is 9.84 Å². The van der Waals surface area contributed by atoms with Crippen LogP contribution < -0.4 is 0 Å². The molecule has 0 rings (SSSR count). The maximum absolute atomic E-state index is 11.5. The van der Waals surface area contributed by atoms with E-state index in [1.54, 1.807) is 20.8 Å². The van der Waals surface area contributed by atoms with Crippen LogP contribution in [0.3, 0.4) is 0 Å². The molecule has 0 aliphatic heterocycles. The van der Waals surface area contributed by atoms with E-state index in [-0.39, 0.29) is 18.0 Å². The number of rotatable bonds is 4. The van der Waals surface area contributed by atoms with Gasteiger partial charge >= 0.3 is 11.9 Å². The summed E-state index contributed by atoms with van der Waals surface area (Å²) >= 11 is 0. The summed E-state index contributed by atoms with van der Waals surface area (Å²) in [5.74, 6) is -1.64. The smallest absolute Gasteiger partial charge is 0.311 e. The number of carboxylic acid groups (broad SMARTS) is 1. The third-order valence-electron chi connectivity index (χ3n) is 2.60. The Labute approximate surface area is 103 Å². The van der Waals surface area contributed by atoms with E-state index in [9.17, 15) is 9.59 Å². The van der Waals surface area contributed by atoms with Gasteiger partial charge in [-0.25, -0.2) is 0 Å². The number of hydrogen-bond donors (Lipinski definition) is 1. The molecule has 0 fully saturated rings. The molecule has 0 bridgehead atoms. The minimum Gasteiger partial charge on any atom is -0.481 e. The second kappa shape index (κ2) is 5.52. The Hall–Kier alpha value is -1.06. The molecule has 1 unspecified atom stereocenters. The molecular formula is C13H24O4. The summed E-state index contributed by atoms with van der Waals surface area (Å²) in [6, 6.07) is 0. The average Bonchev–Trinajstić information content (AvgIpc) is 2.07. The highest BCUT2D eigenvalue weighted by Gasteiger charge is 2.31. The molecule has 17 heavy (non-hydrogen) atoms. The average molecular weight is 244 g/mol. The molecule has 0 aromatic heterocycles. The van der Waals surface area contributed by atoms with E-state index in [1.165, 1.54) is 0 Å². The van der Waals surface area contributed by atoms with Gasteiger partial charge in [-0.05, 0) is 32.6 Å². The zero-order chi connectivity index (χ0) is 13.9. The number of carboxylic acids is 1. The van der Waals surface area contributed by atoms with E-state index in [0.717, 1.165) is 0 Å². The lowest BCUT2D eigenvalue weighted by atomic mass is 9.79. The molecule has 0 radical (unpaired) electrons. The van der Waals surface area contributed by atoms with Crippen LogP contribution in [-0.4, -0.2) is 23.7 Å². The largest absolute Gasteiger partial charge is 0.481 e. The van der Waals surface area contributed by atoms with E-state index >= 15 is 0 Å². The van der Waals surface area contributed by atoms with Crippen LogP contribution in [0.1, 0.15) is 48.0 Å². The second-order valence-corrected chi connectivity index (χ2v) is 6.43. The van der Waals surface area contributed by atoms with Crippen molar-refractivity contribution in [3.63, 3.8) is 0 Å². The van der Waals surface area contributed by atoms with Gasteiger partial charge in [0.1, 0.15) is 0 Å². The summed E-state index contributed by atoms with van der Waals surface area (Å²) in [4.78, 5) is 22.6. The monoisotopic (exact) mass is 244 g/mol. The van der Waals surface area contributed by atoms with Crippen LogP contribution in [0.5, 0.6) is 0 Å². The van der Waals surface area contributed by atoms with Crippen molar-refractivity contribution in [3.8, 4) is 0 Å². The SMILES string of the molecule is CC(C)(C)C(=O)OCCC(C(=O)O)C(C)(C)C. The van der Waals surface area contributed by atoms with Gasteiger partial charge < -0.3 is 9.84 Å². The van der Waals surface area contributed by atoms with Crippen molar-refractivity contribution < 1.29 is 19.4 Å². The van der Waals surface area contributed by atoms with Gasteiger partial charge in [0, 0.05) is 0 Å². The molecule has 0 aliphatic carbocycles. The van der Waals surface area contributed by atoms with Gasteiger partial charge in [0.25, 0.3) is 0 Å². The highest BCUT2D eigenvalue weighted by molar-refractivity contribution is 5.75. The number of hydrogen-bond acceptors (Lipinski definition) is 3. The molecule has 0 spiro atoms. The molecule has 0 saturated carbocycles. The van der Waals surface area contributed by atoms with Crippen molar-refractivity contribution in [1.29, 1.82) is 0 Å². The first-order chi connectivity index (χ1) is 7.46. The third kappa shape index (κ3) is 5.71. The first kappa shape index (κ1) is 15.9. The molecule has 1 atom stereocenters. The van der Waals surface area contributed by atoms with Crippen LogP contribution in [0, 0.1) is 16.7 Å². The fourth-order valence-corrected chi connectivity index (χ4v) is 1.41. The number of carbonyl (C=O) groups excluding carboxylic acids is 1. The lowest BCUT2D eigenvalue weighted by Crippen LogP contribution is -2.31. The number of aliphatic carboxylic acids is 1. The quantitative estimate of drug-likeness (QED) is 0.772. The maximum atomic E-state index is 11.5. The molecule has 100 valence electrons. The van der Waals surface area contributed by atoms with Crippen molar-refractivity contribution in [2.45, 2.75) is 48.0 Å². The summed E-state index contributed by atoms with van der Waals surface area (Å²) in [5, 5.41) is 9.09. The summed E-state index contributed by atoms with van der Waals surface area (Å²) in [7, 11) is 0. The van der Waals surface area contributed by atoms with Crippen LogP contribution in [0.2, 0.25) is 0 Å². The Kier molecular flexibility index (Phi) is 5.17. The van der Waals surface area contributed by atoms with Crippen molar-refractivity contribution in [1.82, 2.24) is 0 Å². The van der Waals surface area contributed by atoms with E-state index in [0.29, 0.717) is 6.42 Å². The summed E-state index contributed by atoms with van der Waals surface area (Å²) in [6.07, 6.45) is 0.348. The molecule has 0 saturated heterocycles. The van der Waals surface area contributed by atoms with Gasteiger partial charge in [0.05, 0.1) is 17.9 Å². The number of carbonyl (C=O) groups is 2. The van der Waals surface area contributed by atoms with Crippen LogP contribution in [0.15, 0.2) is 0 Å². The minimum atomic E-state index is -0.843. The number of esters is 1. The molecule has 1 N–H and O–H groups in total. The first-order valence-electron chi connectivity index (χ1n) is 5.86. The van der Waals surface area contributed by atoms with E-state index in [1.807, 2.05) is 20.8 Å². The predicted octanol–water partition coefficient (Wildman–Crippen LogP) is 2.71. The van der Waals surface area contributed by atoms with Crippen LogP contribution >= 0.6 is 0 Å². The lowest BCUT2D eigenvalue weighted by molar-refractivity contribution is -0.156. The van der Waals surface area contributed by atoms with Crippen molar-refractivity contribution in [2.24, 2.45) is 16.7 Å². The second-order valence-electron chi connectivity index (χ2n) is 6.43.